The normalized spacial score (nSPS) is 30.3. The van der Waals surface area contributed by atoms with Gasteiger partial charge in [-0.2, -0.15) is 0 Å². The van der Waals surface area contributed by atoms with Gasteiger partial charge in [-0.05, 0) is 45.7 Å². The maximum atomic E-state index is 6.19. The minimum absolute atomic E-state index is 0.0335. The Bertz CT molecular complexity index is 370. The molecule has 102 valence electrons. The van der Waals surface area contributed by atoms with Gasteiger partial charge in [0.2, 0.25) is 0 Å². The fourth-order valence-electron chi connectivity index (χ4n) is 2.55. The van der Waals surface area contributed by atoms with E-state index >= 15 is 0 Å². The molecule has 1 aromatic rings. The van der Waals surface area contributed by atoms with E-state index < -0.39 is 0 Å². The topological polar surface area (TPSA) is 44.5 Å². The molecule has 1 fully saturated rings. The molecule has 1 saturated heterocycles. The van der Waals surface area contributed by atoms with E-state index in [0.717, 1.165) is 12.8 Å². The first kappa shape index (κ1) is 14.0. The third-order valence-electron chi connectivity index (χ3n) is 3.30. The van der Waals surface area contributed by atoms with E-state index in [1.165, 1.54) is 9.75 Å². The minimum atomic E-state index is 0.0335. The summed E-state index contributed by atoms with van der Waals surface area (Å²) in [5.74, 6) is 0. The summed E-state index contributed by atoms with van der Waals surface area (Å²) in [5, 5.41) is 0. The molecule has 1 aliphatic heterocycles. The number of thiophene rings is 1. The van der Waals surface area contributed by atoms with Crippen LogP contribution in [0.15, 0.2) is 12.1 Å². The quantitative estimate of drug-likeness (QED) is 0.913. The van der Waals surface area contributed by atoms with Crippen molar-refractivity contribution in [3.05, 3.63) is 21.9 Å². The van der Waals surface area contributed by atoms with Crippen LogP contribution in [0.5, 0.6) is 0 Å². The Morgan fingerprint density at radius 2 is 2.06 bits per heavy atom. The molecule has 2 rings (SSSR count). The molecule has 4 heteroatoms. The molecule has 18 heavy (non-hydrogen) atoms. The first-order valence-corrected chi connectivity index (χ1v) is 7.47. The molecule has 0 aliphatic carbocycles. The fraction of sp³-hybridized carbons (Fsp3) is 0.714. The third-order valence-corrected chi connectivity index (χ3v) is 4.40. The summed E-state index contributed by atoms with van der Waals surface area (Å²) in [6, 6.07) is 4.25. The SMILES string of the molecule is Cc1ccc(C(CN)OC2CC(C)OC(C)C2)s1. The van der Waals surface area contributed by atoms with Crippen LogP contribution in [0, 0.1) is 6.92 Å². The second-order valence-corrected chi connectivity index (χ2v) is 6.48. The summed E-state index contributed by atoms with van der Waals surface area (Å²) in [7, 11) is 0. The van der Waals surface area contributed by atoms with E-state index in [1.807, 2.05) is 0 Å². The number of aryl methyl sites for hydroxylation is 1. The van der Waals surface area contributed by atoms with Crippen molar-refractivity contribution >= 4 is 11.3 Å². The molecular weight excluding hydrogens is 246 g/mol. The molecule has 1 aliphatic rings. The predicted molar refractivity (Wildman–Crippen MR) is 75.0 cm³/mol. The monoisotopic (exact) mass is 269 g/mol. The number of rotatable bonds is 4. The van der Waals surface area contributed by atoms with Crippen LogP contribution in [0.2, 0.25) is 0 Å². The summed E-state index contributed by atoms with van der Waals surface area (Å²) in [6.45, 7) is 6.87. The van der Waals surface area contributed by atoms with Crippen molar-refractivity contribution in [3.63, 3.8) is 0 Å². The molecule has 2 N–H and O–H groups in total. The molecule has 0 saturated carbocycles. The summed E-state index contributed by atoms with van der Waals surface area (Å²) in [6.07, 6.45) is 2.78. The molecule has 0 radical (unpaired) electrons. The first-order valence-electron chi connectivity index (χ1n) is 6.65. The Hall–Kier alpha value is -0.420. The lowest BCUT2D eigenvalue weighted by molar-refractivity contribution is -0.120. The van der Waals surface area contributed by atoms with Crippen LogP contribution in [-0.4, -0.2) is 24.9 Å². The molecule has 2 heterocycles. The van der Waals surface area contributed by atoms with Crippen LogP contribution in [0.1, 0.15) is 42.5 Å². The maximum absolute atomic E-state index is 6.19. The largest absolute Gasteiger partial charge is 0.375 e. The van der Waals surface area contributed by atoms with Gasteiger partial charge in [0.15, 0.2) is 0 Å². The highest BCUT2D eigenvalue weighted by Gasteiger charge is 2.27. The van der Waals surface area contributed by atoms with Gasteiger partial charge in [0, 0.05) is 16.3 Å². The molecule has 0 bridgehead atoms. The van der Waals surface area contributed by atoms with Crippen molar-refractivity contribution < 1.29 is 9.47 Å². The second kappa shape index (κ2) is 6.15. The summed E-state index contributed by atoms with van der Waals surface area (Å²) in [4.78, 5) is 2.54. The Kier molecular flexibility index (Phi) is 4.78. The van der Waals surface area contributed by atoms with Gasteiger partial charge in [-0.15, -0.1) is 11.3 Å². The zero-order chi connectivity index (χ0) is 13.1. The summed E-state index contributed by atoms with van der Waals surface area (Å²) < 4.78 is 11.9. The Morgan fingerprint density at radius 3 is 2.56 bits per heavy atom. The molecule has 0 spiro atoms. The molecule has 1 aromatic heterocycles. The van der Waals surface area contributed by atoms with Crippen LogP contribution < -0.4 is 5.73 Å². The van der Waals surface area contributed by atoms with Gasteiger partial charge in [0.05, 0.1) is 18.3 Å². The van der Waals surface area contributed by atoms with Gasteiger partial charge in [-0.3, -0.25) is 0 Å². The smallest absolute Gasteiger partial charge is 0.104 e. The van der Waals surface area contributed by atoms with Crippen LogP contribution in [0.25, 0.3) is 0 Å². The molecule has 3 atom stereocenters. The van der Waals surface area contributed by atoms with Crippen LogP contribution in [0.3, 0.4) is 0 Å². The fourth-order valence-corrected chi connectivity index (χ4v) is 3.48. The lowest BCUT2D eigenvalue weighted by Crippen LogP contribution is -2.35. The van der Waals surface area contributed by atoms with Crippen molar-refractivity contribution in [2.24, 2.45) is 5.73 Å². The van der Waals surface area contributed by atoms with Gasteiger partial charge < -0.3 is 15.2 Å². The zero-order valence-corrected chi connectivity index (χ0v) is 12.2. The van der Waals surface area contributed by atoms with Crippen LogP contribution in [-0.2, 0) is 9.47 Å². The molecule has 0 aromatic carbocycles. The van der Waals surface area contributed by atoms with Crippen LogP contribution >= 0.6 is 11.3 Å². The Labute approximate surface area is 113 Å². The summed E-state index contributed by atoms with van der Waals surface area (Å²) in [5.41, 5.74) is 5.85. The highest BCUT2D eigenvalue weighted by atomic mass is 32.1. The van der Waals surface area contributed by atoms with E-state index in [0.29, 0.717) is 6.54 Å². The lowest BCUT2D eigenvalue weighted by atomic mass is 10.0. The van der Waals surface area contributed by atoms with Gasteiger partial charge in [0.25, 0.3) is 0 Å². The van der Waals surface area contributed by atoms with Crippen molar-refractivity contribution in [2.45, 2.75) is 58.0 Å². The minimum Gasteiger partial charge on any atom is -0.375 e. The third kappa shape index (κ3) is 3.54. The molecule has 0 amide bonds. The molecular formula is C14H23NO2S. The number of ether oxygens (including phenoxy) is 2. The Morgan fingerprint density at radius 1 is 1.39 bits per heavy atom. The predicted octanol–water partition coefficient (Wildman–Crippen LogP) is 3.03. The van der Waals surface area contributed by atoms with E-state index in [9.17, 15) is 0 Å². The average molecular weight is 269 g/mol. The van der Waals surface area contributed by atoms with Crippen LogP contribution in [0.4, 0.5) is 0 Å². The van der Waals surface area contributed by atoms with Gasteiger partial charge >= 0.3 is 0 Å². The van der Waals surface area contributed by atoms with Crippen molar-refractivity contribution in [3.8, 4) is 0 Å². The Balaban J connectivity index is 1.97. The first-order chi connectivity index (χ1) is 8.58. The highest BCUT2D eigenvalue weighted by molar-refractivity contribution is 7.12. The second-order valence-electron chi connectivity index (χ2n) is 5.16. The highest BCUT2D eigenvalue weighted by Crippen LogP contribution is 2.30. The molecule has 3 unspecified atom stereocenters. The number of hydrogen-bond acceptors (Lipinski definition) is 4. The standard InChI is InChI=1S/C14H23NO2S/c1-9-6-12(7-10(2)16-9)17-13(8-15)14-5-4-11(3)18-14/h4-5,9-10,12-13H,6-8,15H2,1-3H3. The van der Waals surface area contributed by atoms with Crippen molar-refractivity contribution in [1.29, 1.82) is 0 Å². The van der Waals surface area contributed by atoms with Gasteiger partial charge in [-0.1, -0.05) is 0 Å². The van der Waals surface area contributed by atoms with Crippen molar-refractivity contribution in [1.82, 2.24) is 0 Å². The van der Waals surface area contributed by atoms with Gasteiger partial charge in [-0.25, -0.2) is 0 Å². The summed E-state index contributed by atoms with van der Waals surface area (Å²) >= 11 is 1.77. The van der Waals surface area contributed by atoms with E-state index in [1.54, 1.807) is 11.3 Å². The number of nitrogens with two attached hydrogens (primary N) is 1. The zero-order valence-electron chi connectivity index (χ0n) is 11.4. The molecule has 3 nitrogen and oxygen atoms in total. The van der Waals surface area contributed by atoms with E-state index in [2.05, 4.69) is 32.9 Å². The van der Waals surface area contributed by atoms with Crippen molar-refractivity contribution in [2.75, 3.05) is 6.54 Å². The average Bonchev–Trinajstić information content (AvgIpc) is 2.71. The van der Waals surface area contributed by atoms with Gasteiger partial charge in [0.1, 0.15) is 6.10 Å². The maximum Gasteiger partial charge on any atom is 0.104 e. The lowest BCUT2D eigenvalue weighted by Gasteiger charge is -2.34. The van der Waals surface area contributed by atoms with E-state index in [-0.39, 0.29) is 24.4 Å². The number of hydrogen-bond donors (Lipinski definition) is 1. The van der Waals surface area contributed by atoms with E-state index in [4.69, 9.17) is 15.2 Å².